The van der Waals surface area contributed by atoms with Gasteiger partial charge in [-0.25, -0.2) is 0 Å². The summed E-state index contributed by atoms with van der Waals surface area (Å²) >= 11 is 0. The lowest BCUT2D eigenvalue weighted by Gasteiger charge is -2.19. The molecule has 0 aliphatic carbocycles. The number of ether oxygens (including phenoxy) is 4. The van der Waals surface area contributed by atoms with Crippen LogP contribution in [0.1, 0.15) is 47.5 Å². The first-order chi connectivity index (χ1) is 9.42. The molecule has 0 saturated heterocycles. The standard InChI is InChI=1S/C16H34O4/c1-15(2)14-19-13-12-18-11-10-17-8-6-7-9-20-16(3,4)5/h15H,6-14H2,1-5H3. The van der Waals surface area contributed by atoms with Gasteiger partial charge in [-0.05, 0) is 39.5 Å². The van der Waals surface area contributed by atoms with Crippen LogP contribution in [0.3, 0.4) is 0 Å². The Balaban J connectivity index is 3.03. The van der Waals surface area contributed by atoms with Gasteiger partial charge in [0.1, 0.15) is 0 Å². The first kappa shape index (κ1) is 19.8. The van der Waals surface area contributed by atoms with Crippen LogP contribution in [0.2, 0.25) is 0 Å². The van der Waals surface area contributed by atoms with Crippen LogP contribution in [0.4, 0.5) is 0 Å². The van der Waals surface area contributed by atoms with Gasteiger partial charge in [-0.1, -0.05) is 13.8 Å². The lowest BCUT2D eigenvalue weighted by Crippen LogP contribution is -2.19. The topological polar surface area (TPSA) is 36.9 Å². The molecule has 0 rings (SSSR count). The maximum Gasteiger partial charge on any atom is 0.0701 e. The van der Waals surface area contributed by atoms with E-state index in [1.165, 1.54) is 0 Å². The first-order valence-corrected chi connectivity index (χ1v) is 7.79. The fourth-order valence-electron chi connectivity index (χ4n) is 1.44. The van der Waals surface area contributed by atoms with Gasteiger partial charge < -0.3 is 18.9 Å². The minimum Gasteiger partial charge on any atom is -0.379 e. The second kappa shape index (κ2) is 12.6. The second-order valence-electron chi connectivity index (χ2n) is 6.36. The fourth-order valence-corrected chi connectivity index (χ4v) is 1.44. The second-order valence-corrected chi connectivity index (χ2v) is 6.36. The molecule has 0 fully saturated rings. The number of hydrogen-bond acceptors (Lipinski definition) is 4. The molecule has 4 nitrogen and oxygen atoms in total. The van der Waals surface area contributed by atoms with Gasteiger partial charge in [-0.2, -0.15) is 0 Å². The molecule has 20 heavy (non-hydrogen) atoms. The van der Waals surface area contributed by atoms with Gasteiger partial charge in [0.15, 0.2) is 0 Å². The molecule has 0 amide bonds. The average Bonchev–Trinajstić information content (AvgIpc) is 2.33. The van der Waals surface area contributed by atoms with E-state index in [0.29, 0.717) is 32.3 Å². The van der Waals surface area contributed by atoms with E-state index in [1.807, 2.05) is 0 Å². The first-order valence-electron chi connectivity index (χ1n) is 7.79. The van der Waals surface area contributed by atoms with Crippen molar-refractivity contribution in [2.75, 3.05) is 46.2 Å². The van der Waals surface area contributed by atoms with Crippen molar-refractivity contribution in [3.8, 4) is 0 Å². The molecule has 122 valence electrons. The summed E-state index contributed by atoms with van der Waals surface area (Å²) in [5.74, 6) is 0.584. The molecular weight excluding hydrogens is 256 g/mol. The lowest BCUT2D eigenvalue weighted by atomic mass is 10.2. The Morgan fingerprint density at radius 3 is 1.75 bits per heavy atom. The van der Waals surface area contributed by atoms with Gasteiger partial charge in [-0.3, -0.25) is 0 Å². The highest BCUT2D eigenvalue weighted by atomic mass is 16.5. The molecule has 4 heteroatoms. The Kier molecular flexibility index (Phi) is 12.5. The highest BCUT2D eigenvalue weighted by Crippen LogP contribution is 2.07. The van der Waals surface area contributed by atoms with E-state index < -0.39 is 0 Å². The van der Waals surface area contributed by atoms with Crippen molar-refractivity contribution in [1.82, 2.24) is 0 Å². The van der Waals surface area contributed by atoms with E-state index in [0.717, 1.165) is 32.7 Å². The predicted molar refractivity (Wildman–Crippen MR) is 82.2 cm³/mol. The minimum atomic E-state index is -0.0354. The maximum atomic E-state index is 5.63. The fraction of sp³-hybridized carbons (Fsp3) is 1.00. The van der Waals surface area contributed by atoms with Crippen LogP contribution >= 0.6 is 0 Å². The predicted octanol–water partition coefficient (Wildman–Crippen LogP) is 3.29. The van der Waals surface area contributed by atoms with Crippen LogP contribution in [-0.4, -0.2) is 51.8 Å². The summed E-state index contributed by atoms with van der Waals surface area (Å²) in [4.78, 5) is 0. The van der Waals surface area contributed by atoms with E-state index in [9.17, 15) is 0 Å². The van der Waals surface area contributed by atoms with Gasteiger partial charge in [-0.15, -0.1) is 0 Å². The molecule has 0 aromatic rings. The van der Waals surface area contributed by atoms with Crippen LogP contribution in [0.15, 0.2) is 0 Å². The lowest BCUT2D eigenvalue weighted by molar-refractivity contribution is -0.0109. The molecule has 0 N–H and O–H groups in total. The van der Waals surface area contributed by atoms with E-state index in [-0.39, 0.29) is 5.60 Å². The van der Waals surface area contributed by atoms with Crippen LogP contribution in [-0.2, 0) is 18.9 Å². The van der Waals surface area contributed by atoms with Crippen molar-refractivity contribution in [3.05, 3.63) is 0 Å². The third-order valence-corrected chi connectivity index (χ3v) is 2.41. The summed E-state index contributed by atoms with van der Waals surface area (Å²) in [5.41, 5.74) is -0.0354. The van der Waals surface area contributed by atoms with Gasteiger partial charge in [0, 0.05) is 19.8 Å². The molecule has 0 aromatic carbocycles. The quantitative estimate of drug-likeness (QED) is 0.488. The van der Waals surface area contributed by atoms with Gasteiger partial charge >= 0.3 is 0 Å². The zero-order valence-electron chi connectivity index (χ0n) is 14.1. The summed E-state index contributed by atoms with van der Waals surface area (Å²) in [5, 5.41) is 0. The monoisotopic (exact) mass is 290 g/mol. The van der Waals surface area contributed by atoms with Crippen LogP contribution < -0.4 is 0 Å². The van der Waals surface area contributed by atoms with Crippen molar-refractivity contribution in [2.24, 2.45) is 5.92 Å². The summed E-state index contributed by atoms with van der Waals surface area (Å²) in [7, 11) is 0. The Morgan fingerprint density at radius 2 is 1.20 bits per heavy atom. The number of unbranched alkanes of at least 4 members (excludes halogenated alkanes) is 1. The molecule has 0 heterocycles. The molecule has 0 radical (unpaired) electrons. The normalized spacial score (nSPS) is 12.3. The zero-order chi connectivity index (χ0) is 15.3. The molecule has 0 saturated carbocycles. The van der Waals surface area contributed by atoms with E-state index >= 15 is 0 Å². The number of rotatable bonds is 13. The molecule has 0 unspecified atom stereocenters. The average molecular weight is 290 g/mol. The summed E-state index contributed by atoms with van der Waals surface area (Å²) in [6.45, 7) is 15.5. The smallest absolute Gasteiger partial charge is 0.0701 e. The Morgan fingerprint density at radius 1 is 0.700 bits per heavy atom. The Bertz CT molecular complexity index is 199. The van der Waals surface area contributed by atoms with Crippen LogP contribution in [0.5, 0.6) is 0 Å². The zero-order valence-corrected chi connectivity index (χ0v) is 14.1. The molecular formula is C16H34O4. The Hall–Kier alpha value is -0.160. The molecule has 0 atom stereocenters. The van der Waals surface area contributed by atoms with Crippen molar-refractivity contribution < 1.29 is 18.9 Å². The third-order valence-electron chi connectivity index (χ3n) is 2.41. The van der Waals surface area contributed by atoms with Gasteiger partial charge in [0.25, 0.3) is 0 Å². The van der Waals surface area contributed by atoms with Crippen LogP contribution in [0, 0.1) is 5.92 Å². The van der Waals surface area contributed by atoms with Crippen molar-refractivity contribution in [1.29, 1.82) is 0 Å². The van der Waals surface area contributed by atoms with Crippen LogP contribution in [0.25, 0.3) is 0 Å². The largest absolute Gasteiger partial charge is 0.379 e. The molecule has 0 spiro atoms. The molecule has 0 aliphatic rings. The van der Waals surface area contributed by atoms with E-state index in [2.05, 4.69) is 34.6 Å². The highest BCUT2D eigenvalue weighted by molar-refractivity contribution is 4.58. The molecule has 0 bridgehead atoms. The summed E-state index contributed by atoms with van der Waals surface area (Å²) in [6, 6.07) is 0. The number of hydrogen-bond donors (Lipinski definition) is 0. The SMILES string of the molecule is CC(C)COCCOCCOCCCCOC(C)(C)C. The van der Waals surface area contributed by atoms with Gasteiger partial charge in [0.2, 0.25) is 0 Å². The summed E-state index contributed by atoms with van der Waals surface area (Å²) in [6.07, 6.45) is 2.08. The van der Waals surface area contributed by atoms with E-state index in [4.69, 9.17) is 18.9 Å². The van der Waals surface area contributed by atoms with Gasteiger partial charge in [0.05, 0.1) is 32.0 Å². The maximum absolute atomic E-state index is 5.63. The highest BCUT2D eigenvalue weighted by Gasteiger charge is 2.08. The van der Waals surface area contributed by atoms with E-state index in [1.54, 1.807) is 0 Å². The Labute approximate surface area is 125 Å². The van der Waals surface area contributed by atoms with Crippen molar-refractivity contribution >= 4 is 0 Å². The van der Waals surface area contributed by atoms with Crippen molar-refractivity contribution in [2.45, 2.75) is 53.1 Å². The summed E-state index contributed by atoms with van der Waals surface area (Å²) < 4.78 is 22.0. The molecule has 0 aliphatic heterocycles. The third kappa shape index (κ3) is 17.8. The molecule has 0 aromatic heterocycles. The minimum absolute atomic E-state index is 0.0354. The van der Waals surface area contributed by atoms with Crippen molar-refractivity contribution in [3.63, 3.8) is 0 Å².